The fourth-order valence-corrected chi connectivity index (χ4v) is 3.29. The molecule has 5 rings (SSSR count). The Labute approximate surface area is 160 Å². The molecule has 2 N–H and O–H groups in total. The first kappa shape index (κ1) is 16.5. The lowest BCUT2D eigenvalue weighted by molar-refractivity contribution is 0.630. The molecular weight excluding hydrogens is 354 g/mol. The molecule has 0 saturated heterocycles. The number of aromatic nitrogens is 5. The summed E-state index contributed by atoms with van der Waals surface area (Å²) in [4.78, 5) is 12.0. The summed E-state index contributed by atoms with van der Waals surface area (Å²) < 4.78 is 16.1. The highest BCUT2D eigenvalue weighted by Gasteiger charge is 2.13. The molecule has 136 valence electrons. The zero-order valence-corrected chi connectivity index (χ0v) is 15.1. The van der Waals surface area contributed by atoms with E-state index in [9.17, 15) is 4.39 Å². The minimum absolute atomic E-state index is 0.300. The monoisotopic (exact) mass is 370 g/mol. The van der Waals surface area contributed by atoms with Crippen molar-refractivity contribution in [1.29, 1.82) is 0 Å². The first-order valence-corrected chi connectivity index (χ1v) is 8.95. The first-order chi connectivity index (χ1) is 13.7. The van der Waals surface area contributed by atoms with Crippen LogP contribution in [0.4, 0.5) is 10.2 Å². The van der Waals surface area contributed by atoms with Gasteiger partial charge in [-0.25, -0.2) is 14.4 Å². The summed E-state index contributed by atoms with van der Waals surface area (Å²) in [6, 6.07) is 14.5. The number of anilines is 1. The quantitative estimate of drug-likeness (QED) is 0.476. The highest BCUT2D eigenvalue weighted by Crippen LogP contribution is 2.24. The minimum atomic E-state index is -0.300. The van der Waals surface area contributed by atoms with Gasteiger partial charge in [0.1, 0.15) is 19.5 Å². The van der Waals surface area contributed by atoms with Gasteiger partial charge in [0.25, 0.3) is 0 Å². The molecule has 0 aliphatic rings. The maximum absolute atomic E-state index is 14.3. The van der Waals surface area contributed by atoms with Crippen molar-refractivity contribution >= 4 is 35.8 Å². The van der Waals surface area contributed by atoms with Crippen LogP contribution in [0.15, 0.2) is 61.1 Å². The molecule has 28 heavy (non-hydrogen) atoms. The molecular formula is C20H16BFN6. The molecule has 3 heterocycles. The average molecular weight is 370 g/mol. The van der Waals surface area contributed by atoms with Crippen molar-refractivity contribution in [3.8, 4) is 11.3 Å². The highest BCUT2D eigenvalue weighted by atomic mass is 19.1. The lowest BCUT2D eigenvalue weighted by Crippen LogP contribution is -2.09. The molecule has 2 aromatic carbocycles. The number of rotatable bonds is 4. The Morgan fingerprint density at radius 2 is 2.04 bits per heavy atom. The first-order valence-electron chi connectivity index (χ1n) is 8.95. The highest BCUT2D eigenvalue weighted by molar-refractivity contribution is 6.36. The smallest absolute Gasteiger partial charge is 0.151 e. The number of aromatic amines is 1. The van der Waals surface area contributed by atoms with E-state index in [1.807, 2.05) is 32.1 Å². The van der Waals surface area contributed by atoms with Crippen LogP contribution in [0.2, 0.25) is 0 Å². The summed E-state index contributed by atoms with van der Waals surface area (Å²) in [6.45, 7) is 0.581. The predicted molar refractivity (Wildman–Crippen MR) is 110 cm³/mol. The summed E-state index contributed by atoms with van der Waals surface area (Å²) in [5, 5.41) is 7.81. The molecule has 0 aliphatic heterocycles. The van der Waals surface area contributed by atoms with Gasteiger partial charge in [0, 0.05) is 24.4 Å². The van der Waals surface area contributed by atoms with E-state index in [0.29, 0.717) is 23.4 Å². The number of halogens is 1. The molecule has 3 aromatic heterocycles. The number of imidazole rings is 1. The molecule has 6 nitrogen and oxygen atoms in total. The van der Waals surface area contributed by atoms with Gasteiger partial charge in [-0.1, -0.05) is 18.2 Å². The number of nitrogens with zero attached hydrogens (tertiary/aromatic N) is 4. The van der Waals surface area contributed by atoms with Gasteiger partial charge in [0.2, 0.25) is 0 Å². The van der Waals surface area contributed by atoms with Crippen molar-refractivity contribution in [2.75, 3.05) is 5.32 Å². The Morgan fingerprint density at radius 3 is 2.93 bits per heavy atom. The standard InChI is InChI=1S/C20H16BFN6/c21-14-10-26-28-19(23-9-12-5-6-16-18(7-12)25-11-24-16)8-17(27-20(14)28)13-3-1-2-4-15(13)22/h1-8,10-11,23H,9,21H2,(H,24,25). The lowest BCUT2D eigenvalue weighted by atomic mass is 10.0. The number of fused-ring (bicyclic) bond motifs is 2. The number of hydrogen-bond acceptors (Lipinski definition) is 4. The van der Waals surface area contributed by atoms with E-state index < -0.39 is 0 Å². The number of hydrogen-bond donors (Lipinski definition) is 2. The van der Waals surface area contributed by atoms with Crippen LogP contribution >= 0.6 is 0 Å². The van der Waals surface area contributed by atoms with Crippen LogP contribution < -0.4 is 10.8 Å². The molecule has 0 amide bonds. The third kappa shape index (κ3) is 2.79. The van der Waals surface area contributed by atoms with E-state index in [-0.39, 0.29) is 5.82 Å². The van der Waals surface area contributed by atoms with Gasteiger partial charge in [-0.15, -0.1) is 0 Å². The fraction of sp³-hybridized carbons (Fsp3) is 0.0500. The van der Waals surface area contributed by atoms with Crippen LogP contribution in [0.25, 0.3) is 27.9 Å². The Kier molecular flexibility index (Phi) is 3.82. The maximum atomic E-state index is 14.3. The van der Waals surface area contributed by atoms with Crippen LogP contribution in [0.3, 0.4) is 0 Å². The van der Waals surface area contributed by atoms with Crippen molar-refractivity contribution in [2.24, 2.45) is 0 Å². The second-order valence-corrected chi connectivity index (χ2v) is 6.68. The van der Waals surface area contributed by atoms with E-state index >= 15 is 0 Å². The van der Waals surface area contributed by atoms with Gasteiger partial charge in [-0.3, -0.25) is 0 Å². The van der Waals surface area contributed by atoms with Gasteiger partial charge in [0.05, 0.1) is 23.1 Å². The molecule has 0 saturated carbocycles. The van der Waals surface area contributed by atoms with Crippen molar-refractivity contribution in [3.63, 3.8) is 0 Å². The Morgan fingerprint density at radius 1 is 1.14 bits per heavy atom. The summed E-state index contributed by atoms with van der Waals surface area (Å²) in [5.74, 6) is 0.449. The van der Waals surface area contributed by atoms with Gasteiger partial charge < -0.3 is 10.3 Å². The Bertz CT molecular complexity index is 1310. The van der Waals surface area contributed by atoms with Crippen molar-refractivity contribution in [1.82, 2.24) is 24.6 Å². The largest absolute Gasteiger partial charge is 0.366 e. The minimum Gasteiger partial charge on any atom is -0.366 e. The van der Waals surface area contributed by atoms with Crippen molar-refractivity contribution in [2.45, 2.75) is 6.54 Å². The Balaban J connectivity index is 1.55. The third-order valence-corrected chi connectivity index (χ3v) is 4.76. The number of nitrogens with one attached hydrogen (secondary N) is 2. The molecule has 0 spiro atoms. The zero-order chi connectivity index (χ0) is 19.1. The van der Waals surface area contributed by atoms with Crippen molar-refractivity contribution < 1.29 is 4.39 Å². The Hall–Kier alpha value is -3.68. The van der Waals surface area contributed by atoms with Gasteiger partial charge in [0.15, 0.2) is 5.65 Å². The lowest BCUT2D eigenvalue weighted by Gasteiger charge is -2.12. The van der Waals surface area contributed by atoms with Crippen molar-refractivity contribution in [3.05, 3.63) is 72.4 Å². The third-order valence-electron chi connectivity index (χ3n) is 4.76. The average Bonchev–Trinajstić information content (AvgIpc) is 3.33. The maximum Gasteiger partial charge on any atom is 0.151 e. The van der Waals surface area contributed by atoms with Crippen LogP contribution in [0.1, 0.15) is 5.56 Å². The van der Waals surface area contributed by atoms with E-state index in [1.54, 1.807) is 35.2 Å². The zero-order valence-electron chi connectivity index (χ0n) is 15.1. The van der Waals surface area contributed by atoms with Gasteiger partial charge in [-0.2, -0.15) is 9.61 Å². The summed E-state index contributed by atoms with van der Waals surface area (Å²) in [7, 11) is 1.94. The normalized spacial score (nSPS) is 11.3. The molecule has 0 unspecified atom stereocenters. The van der Waals surface area contributed by atoms with Gasteiger partial charge >= 0.3 is 0 Å². The SMILES string of the molecule is Bc1cnn2c(NCc3ccc4[nH]cnc4c3)cc(-c3ccccc3F)nc12. The van der Waals surface area contributed by atoms with E-state index in [2.05, 4.69) is 25.4 Å². The van der Waals surface area contributed by atoms with E-state index in [0.717, 1.165) is 27.9 Å². The predicted octanol–water partition coefficient (Wildman–Crippen LogP) is 2.28. The van der Waals surface area contributed by atoms with E-state index in [1.165, 1.54) is 6.07 Å². The molecule has 0 aliphatic carbocycles. The number of benzene rings is 2. The molecule has 0 radical (unpaired) electrons. The molecule has 0 fully saturated rings. The fourth-order valence-electron chi connectivity index (χ4n) is 3.29. The van der Waals surface area contributed by atoms with Crippen LogP contribution in [0, 0.1) is 5.82 Å². The molecule has 8 heteroatoms. The molecule has 0 bridgehead atoms. The summed E-state index contributed by atoms with van der Waals surface area (Å²) in [5.41, 5.74) is 5.66. The second kappa shape index (κ2) is 6.49. The topological polar surface area (TPSA) is 70.9 Å². The molecule has 5 aromatic rings. The van der Waals surface area contributed by atoms with Crippen LogP contribution in [0.5, 0.6) is 0 Å². The van der Waals surface area contributed by atoms with Gasteiger partial charge in [-0.05, 0) is 35.3 Å². The summed E-state index contributed by atoms with van der Waals surface area (Å²) in [6.07, 6.45) is 3.44. The second-order valence-electron chi connectivity index (χ2n) is 6.68. The summed E-state index contributed by atoms with van der Waals surface area (Å²) >= 11 is 0. The molecule has 0 atom stereocenters. The van der Waals surface area contributed by atoms with E-state index in [4.69, 9.17) is 0 Å². The number of H-pyrrole nitrogens is 1. The van der Waals surface area contributed by atoms with Crippen LogP contribution in [-0.2, 0) is 6.54 Å². The van der Waals surface area contributed by atoms with Crippen LogP contribution in [-0.4, -0.2) is 32.4 Å².